The highest BCUT2D eigenvalue weighted by atomic mass is 19.4. The third-order valence-corrected chi connectivity index (χ3v) is 2.29. The van der Waals surface area contributed by atoms with Gasteiger partial charge in [0.2, 0.25) is 5.88 Å². The Morgan fingerprint density at radius 2 is 2.05 bits per heavy atom. The van der Waals surface area contributed by atoms with Gasteiger partial charge in [0.25, 0.3) is 0 Å². The van der Waals surface area contributed by atoms with E-state index in [9.17, 15) is 22.4 Å². The number of aromatic nitrogens is 1. The molecule has 0 saturated heterocycles. The van der Waals surface area contributed by atoms with Gasteiger partial charge in [-0.1, -0.05) is 0 Å². The lowest BCUT2D eigenvalue weighted by molar-refractivity contribution is -0.275. The first-order valence-electron chi connectivity index (χ1n) is 5.84. The molecule has 0 aromatic carbocycles. The molecule has 0 fully saturated rings. The molecule has 0 aliphatic rings. The molecule has 0 unspecified atom stereocenters. The van der Waals surface area contributed by atoms with Gasteiger partial charge in [0, 0.05) is 11.6 Å². The quantitative estimate of drug-likeness (QED) is 0.597. The normalized spacial score (nSPS) is 11.1. The van der Waals surface area contributed by atoms with Crippen LogP contribution in [0.5, 0.6) is 11.6 Å². The summed E-state index contributed by atoms with van der Waals surface area (Å²) in [5, 5.41) is 0. The summed E-state index contributed by atoms with van der Waals surface area (Å²) in [6.07, 6.45) is -5.56. The molecule has 9 heteroatoms. The van der Waals surface area contributed by atoms with Crippen LogP contribution in [0.4, 0.5) is 17.6 Å². The van der Waals surface area contributed by atoms with E-state index in [1.165, 1.54) is 7.11 Å². The predicted molar refractivity (Wildman–Crippen MR) is 62.6 cm³/mol. The summed E-state index contributed by atoms with van der Waals surface area (Å²) in [7, 11) is 1.21. The van der Waals surface area contributed by atoms with Crippen molar-refractivity contribution in [1.82, 2.24) is 4.98 Å². The number of alkyl halides is 4. The highest BCUT2D eigenvalue weighted by Crippen LogP contribution is 2.32. The summed E-state index contributed by atoms with van der Waals surface area (Å²) < 4.78 is 63.2. The molecular weight excluding hydrogens is 298 g/mol. The lowest BCUT2D eigenvalue weighted by Gasteiger charge is -2.16. The summed E-state index contributed by atoms with van der Waals surface area (Å²) in [5.74, 6) is -1.75. The molecule has 0 N–H and O–H groups in total. The summed E-state index contributed by atoms with van der Waals surface area (Å²) >= 11 is 0. The van der Waals surface area contributed by atoms with E-state index in [1.807, 2.05) is 0 Å². The number of methoxy groups -OCH3 is 1. The Labute approximate surface area is 117 Å². The first-order chi connectivity index (χ1) is 9.80. The number of rotatable bonds is 6. The Bertz CT molecular complexity index is 505. The largest absolute Gasteiger partial charge is 0.573 e. The van der Waals surface area contributed by atoms with E-state index in [4.69, 9.17) is 4.74 Å². The molecule has 0 radical (unpaired) electrons. The van der Waals surface area contributed by atoms with E-state index in [0.29, 0.717) is 0 Å². The molecule has 0 saturated carbocycles. The van der Waals surface area contributed by atoms with Crippen molar-refractivity contribution in [1.29, 1.82) is 0 Å². The highest BCUT2D eigenvalue weighted by Gasteiger charge is 2.34. The van der Waals surface area contributed by atoms with Crippen LogP contribution in [0, 0.1) is 0 Å². The maximum Gasteiger partial charge on any atom is 0.573 e. The standard InChI is InChI=1S/C12H13F4NO4/c1-3-20-10(18)5-7-4-9(19-2)17-8(6-13)11(7)21-12(14,15)16/h4H,3,5-6H2,1-2H3. The molecule has 1 heterocycles. The van der Waals surface area contributed by atoms with E-state index in [2.05, 4.69) is 14.5 Å². The zero-order valence-electron chi connectivity index (χ0n) is 11.3. The molecule has 118 valence electrons. The molecular formula is C12H13F4NO4. The van der Waals surface area contributed by atoms with Crippen LogP contribution in [0.15, 0.2) is 6.07 Å². The second-order valence-corrected chi connectivity index (χ2v) is 3.76. The lowest BCUT2D eigenvalue weighted by Crippen LogP contribution is -2.21. The maximum atomic E-state index is 12.9. The predicted octanol–water partition coefficient (Wildman–Crippen LogP) is 2.56. The first-order valence-corrected chi connectivity index (χ1v) is 5.84. The van der Waals surface area contributed by atoms with Gasteiger partial charge in [0.05, 0.1) is 20.1 Å². The molecule has 21 heavy (non-hydrogen) atoms. The number of ether oxygens (including phenoxy) is 3. The van der Waals surface area contributed by atoms with E-state index in [1.54, 1.807) is 6.92 Å². The van der Waals surface area contributed by atoms with Crippen LogP contribution in [-0.4, -0.2) is 31.0 Å². The molecule has 1 aromatic heterocycles. The molecule has 1 rings (SSSR count). The minimum absolute atomic E-state index is 0.0620. The van der Waals surface area contributed by atoms with Crippen LogP contribution in [0.2, 0.25) is 0 Å². The number of hydrogen-bond acceptors (Lipinski definition) is 5. The molecule has 0 bridgehead atoms. The molecule has 0 atom stereocenters. The maximum absolute atomic E-state index is 12.9. The van der Waals surface area contributed by atoms with Gasteiger partial charge < -0.3 is 14.2 Å². The van der Waals surface area contributed by atoms with Crippen LogP contribution < -0.4 is 9.47 Å². The van der Waals surface area contributed by atoms with E-state index in [-0.39, 0.29) is 18.1 Å². The van der Waals surface area contributed by atoms with Crippen LogP contribution in [0.25, 0.3) is 0 Å². The molecule has 1 aromatic rings. The van der Waals surface area contributed by atoms with Crippen molar-refractivity contribution in [2.45, 2.75) is 26.4 Å². The monoisotopic (exact) mass is 311 g/mol. The van der Waals surface area contributed by atoms with Crippen LogP contribution in [-0.2, 0) is 22.6 Å². The molecule has 0 aliphatic carbocycles. The van der Waals surface area contributed by atoms with Gasteiger partial charge in [0.1, 0.15) is 12.4 Å². The van der Waals surface area contributed by atoms with Gasteiger partial charge in [-0.25, -0.2) is 9.37 Å². The third-order valence-electron chi connectivity index (χ3n) is 2.29. The first kappa shape index (κ1) is 17.0. The Morgan fingerprint density at radius 1 is 1.38 bits per heavy atom. The number of esters is 1. The summed E-state index contributed by atoms with van der Waals surface area (Å²) in [6.45, 7) is 0.302. The minimum Gasteiger partial charge on any atom is -0.481 e. The smallest absolute Gasteiger partial charge is 0.481 e. The van der Waals surface area contributed by atoms with Crippen molar-refractivity contribution in [2.75, 3.05) is 13.7 Å². The van der Waals surface area contributed by atoms with Crippen LogP contribution >= 0.6 is 0 Å². The van der Waals surface area contributed by atoms with E-state index < -0.39 is 36.9 Å². The minimum atomic E-state index is -5.04. The lowest BCUT2D eigenvalue weighted by atomic mass is 10.1. The second kappa shape index (κ2) is 7.09. The van der Waals surface area contributed by atoms with Gasteiger partial charge in [0.15, 0.2) is 5.75 Å². The van der Waals surface area contributed by atoms with Crippen molar-refractivity contribution in [3.63, 3.8) is 0 Å². The topological polar surface area (TPSA) is 57.7 Å². The van der Waals surface area contributed by atoms with Gasteiger partial charge >= 0.3 is 12.3 Å². The van der Waals surface area contributed by atoms with Crippen molar-refractivity contribution < 1.29 is 36.6 Å². The van der Waals surface area contributed by atoms with Crippen molar-refractivity contribution in [2.24, 2.45) is 0 Å². The second-order valence-electron chi connectivity index (χ2n) is 3.76. The number of halogens is 4. The molecule has 0 amide bonds. The van der Waals surface area contributed by atoms with Crippen molar-refractivity contribution in [3.05, 3.63) is 17.3 Å². The van der Waals surface area contributed by atoms with Gasteiger partial charge in [-0.05, 0) is 6.92 Å². The van der Waals surface area contributed by atoms with Crippen molar-refractivity contribution >= 4 is 5.97 Å². The van der Waals surface area contributed by atoms with E-state index >= 15 is 0 Å². The third kappa shape index (κ3) is 5.09. The Morgan fingerprint density at radius 3 is 2.52 bits per heavy atom. The number of hydrogen-bond donors (Lipinski definition) is 0. The van der Waals surface area contributed by atoms with Crippen LogP contribution in [0.3, 0.4) is 0 Å². The van der Waals surface area contributed by atoms with Gasteiger partial charge in [-0.2, -0.15) is 0 Å². The molecule has 0 aliphatic heterocycles. The average Bonchev–Trinajstić information content (AvgIpc) is 2.39. The van der Waals surface area contributed by atoms with E-state index in [0.717, 1.165) is 6.07 Å². The Hall–Kier alpha value is -2.06. The number of carbonyl (C=O) groups excluding carboxylic acids is 1. The Kier molecular flexibility index (Phi) is 5.74. The fourth-order valence-corrected chi connectivity index (χ4v) is 1.55. The summed E-state index contributed by atoms with van der Waals surface area (Å²) in [6, 6.07) is 1.07. The SMILES string of the molecule is CCOC(=O)Cc1cc(OC)nc(CF)c1OC(F)(F)F. The average molecular weight is 311 g/mol. The number of pyridine rings is 1. The fourth-order valence-electron chi connectivity index (χ4n) is 1.55. The van der Waals surface area contributed by atoms with Crippen LogP contribution in [0.1, 0.15) is 18.2 Å². The summed E-state index contributed by atoms with van der Waals surface area (Å²) in [4.78, 5) is 14.9. The van der Waals surface area contributed by atoms with Gasteiger partial charge in [-0.15, -0.1) is 13.2 Å². The molecule has 0 spiro atoms. The number of nitrogens with zero attached hydrogens (tertiary/aromatic N) is 1. The zero-order valence-corrected chi connectivity index (χ0v) is 11.3. The highest BCUT2D eigenvalue weighted by molar-refractivity contribution is 5.74. The summed E-state index contributed by atoms with van der Waals surface area (Å²) in [5.41, 5.74) is -0.823. The fraction of sp³-hybridized carbons (Fsp3) is 0.500. The molecule has 5 nitrogen and oxygen atoms in total. The van der Waals surface area contributed by atoms with Gasteiger partial charge in [-0.3, -0.25) is 4.79 Å². The number of carbonyl (C=O) groups is 1. The van der Waals surface area contributed by atoms with Crippen molar-refractivity contribution in [3.8, 4) is 11.6 Å². The Balaban J connectivity index is 3.24. The zero-order chi connectivity index (χ0) is 16.0.